The Morgan fingerprint density at radius 1 is 1.29 bits per heavy atom. The molecule has 1 aromatic heterocycles. The Bertz CT molecular complexity index is 601. The second-order valence-electron chi connectivity index (χ2n) is 5.52. The number of hydrogen-bond acceptors (Lipinski definition) is 5. The molecule has 0 radical (unpaired) electrons. The van der Waals surface area contributed by atoms with Crippen LogP contribution < -0.4 is 10.1 Å². The van der Waals surface area contributed by atoms with Crippen LogP contribution in [0.2, 0.25) is 0 Å². The highest BCUT2D eigenvalue weighted by Crippen LogP contribution is 2.30. The Morgan fingerprint density at radius 3 is 3.05 bits per heavy atom. The van der Waals surface area contributed by atoms with E-state index in [2.05, 4.69) is 15.5 Å². The molecule has 0 bridgehead atoms. The maximum Gasteiger partial charge on any atom is 0.244 e. The van der Waals surface area contributed by atoms with Gasteiger partial charge in [0, 0.05) is 0 Å². The minimum Gasteiger partial charge on any atom is -0.496 e. The largest absolute Gasteiger partial charge is 0.496 e. The third-order valence-electron chi connectivity index (χ3n) is 3.90. The monoisotopic (exact) mass is 287 g/mol. The quantitative estimate of drug-likeness (QED) is 0.939. The van der Waals surface area contributed by atoms with Gasteiger partial charge in [0.05, 0.1) is 18.7 Å². The molecule has 1 N–H and O–H groups in total. The number of rotatable bonds is 3. The maximum atomic E-state index is 5.46. The van der Waals surface area contributed by atoms with E-state index in [0.717, 1.165) is 29.8 Å². The molecule has 0 aliphatic carbocycles. The van der Waals surface area contributed by atoms with Crippen LogP contribution in [0.25, 0.3) is 11.4 Å². The van der Waals surface area contributed by atoms with Gasteiger partial charge in [-0.05, 0) is 44.0 Å². The lowest BCUT2D eigenvalue weighted by atomic mass is 10.1. The van der Waals surface area contributed by atoms with Crippen molar-refractivity contribution in [2.24, 2.45) is 0 Å². The summed E-state index contributed by atoms with van der Waals surface area (Å²) in [6.45, 7) is 3.04. The molecule has 0 amide bonds. The van der Waals surface area contributed by atoms with Crippen LogP contribution in [0.1, 0.15) is 43.2 Å². The van der Waals surface area contributed by atoms with E-state index < -0.39 is 0 Å². The van der Waals surface area contributed by atoms with Crippen molar-refractivity contribution in [2.45, 2.75) is 38.6 Å². The molecule has 1 aromatic carbocycles. The van der Waals surface area contributed by atoms with E-state index in [0.29, 0.717) is 11.7 Å². The number of hydrogen-bond donors (Lipinski definition) is 1. The van der Waals surface area contributed by atoms with Crippen LogP contribution in [0.15, 0.2) is 22.7 Å². The summed E-state index contributed by atoms with van der Waals surface area (Å²) in [5, 5.41) is 7.60. The van der Waals surface area contributed by atoms with Crippen molar-refractivity contribution < 1.29 is 9.26 Å². The van der Waals surface area contributed by atoms with E-state index in [-0.39, 0.29) is 6.04 Å². The predicted octanol–water partition coefficient (Wildman–Crippen LogP) is 3.26. The van der Waals surface area contributed by atoms with E-state index in [1.165, 1.54) is 19.3 Å². The Kier molecular flexibility index (Phi) is 4.20. The zero-order chi connectivity index (χ0) is 14.7. The van der Waals surface area contributed by atoms with E-state index in [1.54, 1.807) is 7.11 Å². The predicted molar refractivity (Wildman–Crippen MR) is 80.2 cm³/mol. The van der Waals surface area contributed by atoms with E-state index >= 15 is 0 Å². The molecular weight excluding hydrogens is 266 g/mol. The van der Waals surface area contributed by atoms with Gasteiger partial charge in [0.1, 0.15) is 5.75 Å². The van der Waals surface area contributed by atoms with Crippen molar-refractivity contribution in [3.8, 4) is 17.1 Å². The molecular formula is C16H21N3O2. The standard InChI is InChI=1S/C16H21N3O2/c1-11-7-8-12(14(10-11)20-2)15-18-16(21-19-15)13-6-4-3-5-9-17-13/h7-8,10,13,17H,3-6,9H2,1-2H3. The molecule has 0 spiro atoms. The van der Waals surface area contributed by atoms with Crippen LogP contribution in [0, 0.1) is 6.92 Å². The number of ether oxygens (including phenoxy) is 1. The maximum absolute atomic E-state index is 5.46. The first-order chi connectivity index (χ1) is 10.3. The van der Waals surface area contributed by atoms with Gasteiger partial charge in [-0.15, -0.1) is 0 Å². The van der Waals surface area contributed by atoms with Gasteiger partial charge in [0.2, 0.25) is 11.7 Å². The number of benzene rings is 1. The zero-order valence-corrected chi connectivity index (χ0v) is 12.6. The molecule has 112 valence electrons. The molecule has 5 heteroatoms. The van der Waals surface area contributed by atoms with Gasteiger partial charge in [-0.1, -0.05) is 24.1 Å². The zero-order valence-electron chi connectivity index (χ0n) is 12.6. The van der Waals surface area contributed by atoms with Crippen molar-refractivity contribution in [3.05, 3.63) is 29.7 Å². The second kappa shape index (κ2) is 6.26. The topological polar surface area (TPSA) is 60.2 Å². The summed E-state index contributed by atoms with van der Waals surface area (Å²) in [6, 6.07) is 6.15. The van der Waals surface area contributed by atoms with Gasteiger partial charge < -0.3 is 14.6 Å². The molecule has 2 heterocycles. The lowest BCUT2D eigenvalue weighted by Gasteiger charge is -2.09. The van der Waals surface area contributed by atoms with Crippen LogP contribution in [-0.4, -0.2) is 23.8 Å². The fourth-order valence-corrected chi connectivity index (χ4v) is 2.71. The number of nitrogens with one attached hydrogen (secondary N) is 1. The van der Waals surface area contributed by atoms with Crippen LogP contribution in [0.3, 0.4) is 0 Å². The van der Waals surface area contributed by atoms with Crippen LogP contribution in [0.4, 0.5) is 0 Å². The summed E-state index contributed by atoms with van der Waals surface area (Å²) >= 11 is 0. The fourth-order valence-electron chi connectivity index (χ4n) is 2.71. The lowest BCUT2D eigenvalue weighted by Crippen LogP contribution is -2.20. The van der Waals surface area contributed by atoms with Gasteiger partial charge in [-0.3, -0.25) is 0 Å². The minimum atomic E-state index is 0.171. The molecule has 3 rings (SSSR count). The van der Waals surface area contributed by atoms with Crippen molar-refractivity contribution in [1.82, 2.24) is 15.5 Å². The fraction of sp³-hybridized carbons (Fsp3) is 0.500. The van der Waals surface area contributed by atoms with Crippen LogP contribution >= 0.6 is 0 Å². The smallest absolute Gasteiger partial charge is 0.244 e. The molecule has 2 aromatic rings. The Morgan fingerprint density at radius 2 is 2.19 bits per heavy atom. The average molecular weight is 287 g/mol. The third-order valence-corrected chi connectivity index (χ3v) is 3.90. The van der Waals surface area contributed by atoms with Gasteiger partial charge in [0.15, 0.2) is 0 Å². The van der Waals surface area contributed by atoms with Crippen molar-refractivity contribution >= 4 is 0 Å². The first-order valence-corrected chi connectivity index (χ1v) is 7.50. The number of methoxy groups -OCH3 is 1. The molecule has 1 fully saturated rings. The summed E-state index contributed by atoms with van der Waals surface area (Å²) in [5.74, 6) is 2.04. The van der Waals surface area contributed by atoms with Crippen molar-refractivity contribution in [2.75, 3.05) is 13.7 Å². The SMILES string of the molecule is COc1cc(C)ccc1-c1noc(C2CCCCCN2)n1. The first-order valence-electron chi connectivity index (χ1n) is 7.50. The van der Waals surface area contributed by atoms with Gasteiger partial charge in [-0.2, -0.15) is 4.98 Å². The Balaban J connectivity index is 1.87. The lowest BCUT2D eigenvalue weighted by molar-refractivity contribution is 0.327. The first kappa shape index (κ1) is 14.1. The number of aromatic nitrogens is 2. The Labute approximate surface area is 124 Å². The second-order valence-corrected chi connectivity index (χ2v) is 5.52. The van der Waals surface area contributed by atoms with Gasteiger partial charge in [0.25, 0.3) is 0 Å². The van der Waals surface area contributed by atoms with Crippen LogP contribution in [-0.2, 0) is 0 Å². The normalized spacial score (nSPS) is 19.2. The molecule has 1 unspecified atom stereocenters. The highest BCUT2D eigenvalue weighted by Gasteiger charge is 2.21. The number of nitrogens with zero attached hydrogens (tertiary/aromatic N) is 2. The van der Waals surface area contributed by atoms with Crippen molar-refractivity contribution in [1.29, 1.82) is 0 Å². The summed E-state index contributed by atoms with van der Waals surface area (Å²) in [5.41, 5.74) is 2.01. The van der Waals surface area contributed by atoms with Gasteiger partial charge in [-0.25, -0.2) is 0 Å². The van der Waals surface area contributed by atoms with E-state index in [4.69, 9.17) is 9.26 Å². The summed E-state index contributed by atoms with van der Waals surface area (Å²) in [7, 11) is 1.66. The van der Waals surface area contributed by atoms with Gasteiger partial charge >= 0.3 is 0 Å². The molecule has 1 aliphatic heterocycles. The molecule has 1 aliphatic rings. The average Bonchev–Trinajstić information content (AvgIpc) is 2.82. The van der Waals surface area contributed by atoms with Crippen molar-refractivity contribution in [3.63, 3.8) is 0 Å². The molecule has 5 nitrogen and oxygen atoms in total. The Hall–Kier alpha value is -1.88. The minimum absolute atomic E-state index is 0.171. The molecule has 21 heavy (non-hydrogen) atoms. The number of aryl methyl sites for hydroxylation is 1. The molecule has 1 atom stereocenters. The van der Waals surface area contributed by atoms with Crippen LogP contribution in [0.5, 0.6) is 5.75 Å². The van der Waals surface area contributed by atoms with E-state index in [1.807, 2.05) is 25.1 Å². The third kappa shape index (κ3) is 3.08. The molecule has 1 saturated heterocycles. The molecule has 0 saturated carbocycles. The summed E-state index contributed by atoms with van der Waals surface area (Å²) in [4.78, 5) is 4.56. The highest BCUT2D eigenvalue weighted by atomic mass is 16.5. The summed E-state index contributed by atoms with van der Waals surface area (Å²) in [6.07, 6.45) is 4.72. The highest BCUT2D eigenvalue weighted by molar-refractivity contribution is 5.64. The van der Waals surface area contributed by atoms with E-state index in [9.17, 15) is 0 Å². The summed E-state index contributed by atoms with van der Waals surface area (Å²) < 4.78 is 10.9.